The van der Waals surface area contributed by atoms with E-state index in [1.54, 1.807) is 0 Å². The van der Waals surface area contributed by atoms with E-state index in [4.69, 9.17) is 0 Å². The number of nitrogens with zero attached hydrogens (tertiary/aromatic N) is 2. The smallest absolute Gasteiger partial charge is 0.133 e. The minimum atomic E-state index is 0.493. The van der Waals surface area contributed by atoms with Gasteiger partial charge in [0.25, 0.3) is 0 Å². The van der Waals surface area contributed by atoms with E-state index in [0.29, 0.717) is 5.92 Å². The van der Waals surface area contributed by atoms with E-state index in [1.807, 2.05) is 0 Å². The zero-order chi connectivity index (χ0) is 10.8. The van der Waals surface area contributed by atoms with Crippen molar-refractivity contribution in [2.24, 2.45) is 0 Å². The molecule has 2 heterocycles. The molecule has 1 aromatic heterocycles. The van der Waals surface area contributed by atoms with Gasteiger partial charge in [-0.1, -0.05) is 20.8 Å². The van der Waals surface area contributed by atoms with E-state index in [1.165, 1.54) is 17.7 Å². The van der Waals surface area contributed by atoms with Crippen LogP contribution in [0.2, 0.25) is 0 Å². The number of aryl methyl sites for hydroxylation is 1. The van der Waals surface area contributed by atoms with Crippen LogP contribution in [0.5, 0.6) is 0 Å². The first-order chi connectivity index (χ1) is 7.22. The summed E-state index contributed by atoms with van der Waals surface area (Å²) in [6.45, 7) is 7.56. The minimum absolute atomic E-state index is 0.493. The van der Waals surface area contributed by atoms with Gasteiger partial charge in [0, 0.05) is 18.5 Å². The van der Waals surface area contributed by atoms with Crippen LogP contribution >= 0.6 is 0 Å². The average Bonchev–Trinajstić information content (AvgIpc) is 2.27. The lowest BCUT2D eigenvalue weighted by molar-refractivity contribution is 0.723. The van der Waals surface area contributed by atoms with Gasteiger partial charge < -0.3 is 5.32 Å². The molecule has 0 bridgehead atoms. The highest BCUT2D eigenvalue weighted by atomic mass is 15.0. The predicted molar refractivity (Wildman–Crippen MR) is 62.3 cm³/mol. The number of nitrogens with one attached hydrogen (secondary N) is 1. The van der Waals surface area contributed by atoms with Crippen molar-refractivity contribution in [2.75, 3.05) is 11.9 Å². The van der Waals surface area contributed by atoms with Gasteiger partial charge >= 0.3 is 0 Å². The molecule has 0 amide bonds. The maximum absolute atomic E-state index is 4.65. The maximum atomic E-state index is 4.65. The first-order valence-electron chi connectivity index (χ1n) is 5.86. The number of hydrogen-bond donors (Lipinski definition) is 1. The summed E-state index contributed by atoms with van der Waals surface area (Å²) in [5.74, 6) is 2.54. The summed E-state index contributed by atoms with van der Waals surface area (Å²) < 4.78 is 0. The Morgan fingerprint density at radius 2 is 2.13 bits per heavy atom. The fraction of sp³-hybridized carbons (Fsp3) is 0.667. The van der Waals surface area contributed by atoms with Crippen LogP contribution in [0, 0.1) is 0 Å². The molecule has 15 heavy (non-hydrogen) atoms. The highest BCUT2D eigenvalue weighted by Gasteiger charge is 2.18. The molecular formula is C12H19N3. The van der Waals surface area contributed by atoms with Crippen LogP contribution in [0.3, 0.4) is 0 Å². The van der Waals surface area contributed by atoms with Gasteiger partial charge in [0.15, 0.2) is 0 Å². The Bertz CT molecular complexity index is 358. The van der Waals surface area contributed by atoms with Crippen LogP contribution in [-0.4, -0.2) is 16.5 Å². The largest absolute Gasteiger partial charge is 0.370 e. The Hall–Kier alpha value is -1.12. The van der Waals surface area contributed by atoms with Gasteiger partial charge in [-0.3, -0.25) is 0 Å². The number of rotatable bonds is 2. The van der Waals surface area contributed by atoms with Crippen LogP contribution in [0.25, 0.3) is 0 Å². The third-order valence-corrected chi connectivity index (χ3v) is 2.84. The van der Waals surface area contributed by atoms with Crippen molar-refractivity contribution in [1.29, 1.82) is 0 Å². The first kappa shape index (κ1) is 10.4. The lowest BCUT2D eigenvalue weighted by atomic mass is 9.98. The van der Waals surface area contributed by atoms with Crippen LogP contribution in [-0.2, 0) is 12.8 Å². The molecule has 1 N–H and O–H groups in total. The molecule has 3 nitrogen and oxygen atoms in total. The van der Waals surface area contributed by atoms with Gasteiger partial charge in [0.2, 0.25) is 0 Å². The maximum Gasteiger partial charge on any atom is 0.133 e. The van der Waals surface area contributed by atoms with Crippen LogP contribution in [0.15, 0.2) is 0 Å². The van der Waals surface area contributed by atoms with Gasteiger partial charge in [-0.25, -0.2) is 9.97 Å². The van der Waals surface area contributed by atoms with Crippen molar-refractivity contribution in [3.8, 4) is 0 Å². The van der Waals surface area contributed by atoms with Gasteiger partial charge in [-0.05, 0) is 18.8 Å². The van der Waals surface area contributed by atoms with Crippen molar-refractivity contribution in [3.63, 3.8) is 0 Å². The van der Waals surface area contributed by atoms with E-state index < -0.39 is 0 Å². The standard InChI is InChI=1S/C12H19N3/c1-4-10-14-11(8(2)3)9-6-5-7-13-12(9)15-10/h8H,4-7H2,1-3H3,(H,13,14,15). The third-order valence-electron chi connectivity index (χ3n) is 2.84. The molecule has 1 aromatic rings. The highest BCUT2D eigenvalue weighted by molar-refractivity contribution is 5.49. The second-order valence-corrected chi connectivity index (χ2v) is 4.39. The van der Waals surface area contributed by atoms with E-state index >= 15 is 0 Å². The predicted octanol–water partition coefficient (Wildman–Crippen LogP) is 2.52. The number of hydrogen-bond acceptors (Lipinski definition) is 3. The lowest BCUT2D eigenvalue weighted by Gasteiger charge is -2.21. The summed E-state index contributed by atoms with van der Waals surface area (Å²) in [6, 6.07) is 0. The summed E-state index contributed by atoms with van der Waals surface area (Å²) in [4.78, 5) is 9.21. The molecule has 0 saturated carbocycles. The highest BCUT2D eigenvalue weighted by Crippen LogP contribution is 2.27. The number of anilines is 1. The molecule has 1 aliphatic heterocycles. The van der Waals surface area contributed by atoms with Crippen molar-refractivity contribution in [2.45, 2.75) is 46.0 Å². The molecule has 0 atom stereocenters. The molecule has 2 rings (SSSR count). The second kappa shape index (κ2) is 4.17. The average molecular weight is 205 g/mol. The van der Waals surface area contributed by atoms with Crippen molar-refractivity contribution in [1.82, 2.24) is 9.97 Å². The van der Waals surface area contributed by atoms with Crippen LogP contribution in [0.4, 0.5) is 5.82 Å². The lowest BCUT2D eigenvalue weighted by Crippen LogP contribution is -2.18. The molecule has 82 valence electrons. The summed E-state index contributed by atoms with van der Waals surface area (Å²) in [5, 5.41) is 3.38. The Morgan fingerprint density at radius 3 is 2.80 bits per heavy atom. The molecule has 0 unspecified atom stereocenters. The molecule has 0 fully saturated rings. The van der Waals surface area contributed by atoms with E-state index in [9.17, 15) is 0 Å². The molecule has 3 heteroatoms. The molecule has 0 saturated heterocycles. The monoisotopic (exact) mass is 205 g/mol. The SMILES string of the molecule is CCc1nc2c(c(C(C)C)n1)CCCN2. The fourth-order valence-electron chi connectivity index (χ4n) is 2.05. The zero-order valence-electron chi connectivity index (χ0n) is 9.80. The van der Waals surface area contributed by atoms with E-state index in [-0.39, 0.29) is 0 Å². The van der Waals surface area contributed by atoms with Crippen molar-refractivity contribution < 1.29 is 0 Å². The molecular weight excluding hydrogens is 186 g/mol. The summed E-state index contributed by atoms with van der Waals surface area (Å²) in [5.41, 5.74) is 2.58. The van der Waals surface area contributed by atoms with E-state index in [0.717, 1.165) is 31.0 Å². The van der Waals surface area contributed by atoms with E-state index in [2.05, 4.69) is 36.1 Å². The summed E-state index contributed by atoms with van der Waals surface area (Å²) in [7, 11) is 0. The summed E-state index contributed by atoms with van der Waals surface area (Å²) in [6.07, 6.45) is 3.23. The molecule has 0 aliphatic carbocycles. The van der Waals surface area contributed by atoms with Gasteiger partial charge in [-0.15, -0.1) is 0 Å². The second-order valence-electron chi connectivity index (χ2n) is 4.39. The molecule has 0 aromatic carbocycles. The van der Waals surface area contributed by atoms with Gasteiger partial charge in [-0.2, -0.15) is 0 Å². The normalized spacial score (nSPS) is 14.9. The van der Waals surface area contributed by atoms with Gasteiger partial charge in [0.05, 0.1) is 5.69 Å². The Labute approximate surface area is 91.3 Å². The topological polar surface area (TPSA) is 37.8 Å². The fourth-order valence-corrected chi connectivity index (χ4v) is 2.05. The Morgan fingerprint density at radius 1 is 1.33 bits per heavy atom. The minimum Gasteiger partial charge on any atom is -0.370 e. The van der Waals surface area contributed by atoms with Crippen molar-refractivity contribution in [3.05, 3.63) is 17.1 Å². The first-order valence-corrected chi connectivity index (χ1v) is 5.86. The molecule has 0 radical (unpaired) electrons. The number of aromatic nitrogens is 2. The Kier molecular flexibility index (Phi) is 2.89. The van der Waals surface area contributed by atoms with Gasteiger partial charge in [0.1, 0.15) is 11.6 Å². The quantitative estimate of drug-likeness (QED) is 0.806. The van der Waals surface area contributed by atoms with Crippen molar-refractivity contribution >= 4 is 5.82 Å². The van der Waals surface area contributed by atoms with Crippen LogP contribution in [0.1, 0.15) is 50.2 Å². The number of fused-ring (bicyclic) bond motifs is 1. The Balaban J connectivity index is 2.50. The zero-order valence-corrected chi connectivity index (χ0v) is 9.80. The van der Waals surface area contributed by atoms with Crippen LogP contribution < -0.4 is 5.32 Å². The summed E-state index contributed by atoms with van der Waals surface area (Å²) >= 11 is 0. The molecule has 1 aliphatic rings. The molecule has 0 spiro atoms. The third kappa shape index (κ3) is 1.96.